The van der Waals surface area contributed by atoms with E-state index >= 15 is 0 Å². The van der Waals surface area contributed by atoms with Gasteiger partial charge in [0.05, 0.1) is 12.2 Å². The number of unbranched alkanes of at least 4 members (excludes halogenated alkanes) is 3. The van der Waals surface area contributed by atoms with E-state index in [9.17, 15) is 15.0 Å². The van der Waals surface area contributed by atoms with Crippen LogP contribution >= 0.6 is 0 Å². The zero-order valence-electron chi connectivity index (χ0n) is 14.9. The van der Waals surface area contributed by atoms with Gasteiger partial charge >= 0.3 is 5.97 Å². The van der Waals surface area contributed by atoms with Crippen LogP contribution in [0.15, 0.2) is 36.5 Å². The Morgan fingerprint density at radius 3 is 2.12 bits per heavy atom. The smallest absolute Gasteiger partial charge is 0.303 e. The van der Waals surface area contributed by atoms with Crippen LogP contribution in [0.4, 0.5) is 0 Å². The second-order valence-electron chi connectivity index (χ2n) is 6.04. The van der Waals surface area contributed by atoms with Crippen molar-refractivity contribution >= 4 is 5.97 Å². The summed E-state index contributed by atoms with van der Waals surface area (Å²) in [4.78, 5) is 10.4. The van der Waals surface area contributed by atoms with Crippen LogP contribution in [0.2, 0.25) is 0 Å². The van der Waals surface area contributed by atoms with Crippen molar-refractivity contribution in [3.63, 3.8) is 0 Å². The molecule has 0 spiro atoms. The molecule has 138 valence electrons. The third-order valence-electron chi connectivity index (χ3n) is 3.73. The first-order valence-electron chi connectivity index (χ1n) is 9.10. The highest BCUT2D eigenvalue weighted by Crippen LogP contribution is 2.09. The topological polar surface area (TPSA) is 77.8 Å². The van der Waals surface area contributed by atoms with Crippen molar-refractivity contribution in [3.05, 3.63) is 36.5 Å². The number of hydrogen-bond donors (Lipinski definition) is 3. The van der Waals surface area contributed by atoms with Gasteiger partial charge in [-0.15, -0.1) is 0 Å². The minimum absolute atomic E-state index is 0.0253. The monoisotopic (exact) mass is 338 g/mol. The van der Waals surface area contributed by atoms with Gasteiger partial charge in [-0.3, -0.25) is 4.79 Å². The standard InChI is InChI=1S/C20H34O4/c1-2-3-4-5-6-7-8-9-10-11-12-13-15-18(21)19(22)16-14-17-20(23)24/h6-7,9-10,12-13,18-19,21-22H,2-5,8,11,14-17H2,1H3,(H,23,24)/b7-6+,10-9+,13-12+/t18-,19+/m0/s1. The Balaban J connectivity index is 3.65. The second kappa shape index (κ2) is 16.5. The lowest BCUT2D eigenvalue weighted by atomic mass is 10.0. The van der Waals surface area contributed by atoms with Gasteiger partial charge in [-0.05, 0) is 44.9 Å². The zero-order chi connectivity index (χ0) is 18.0. The lowest BCUT2D eigenvalue weighted by Crippen LogP contribution is -2.25. The number of aliphatic hydroxyl groups excluding tert-OH is 2. The summed E-state index contributed by atoms with van der Waals surface area (Å²) in [5.41, 5.74) is 0. The summed E-state index contributed by atoms with van der Waals surface area (Å²) in [6, 6.07) is 0. The van der Waals surface area contributed by atoms with E-state index in [0.29, 0.717) is 19.3 Å². The lowest BCUT2D eigenvalue weighted by Gasteiger charge is -2.15. The highest BCUT2D eigenvalue weighted by atomic mass is 16.4. The van der Waals surface area contributed by atoms with Crippen LogP contribution < -0.4 is 0 Å². The van der Waals surface area contributed by atoms with Crippen LogP contribution in [-0.2, 0) is 4.79 Å². The summed E-state index contributed by atoms with van der Waals surface area (Å²) in [6.45, 7) is 2.21. The van der Waals surface area contributed by atoms with Gasteiger partial charge in [0.25, 0.3) is 0 Å². The molecule has 0 aliphatic rings. The van der Waals surface area contributed by atoms with E-state index in [1.165, 1.54) is 19.3 Å². The predicted molar refractivity (Wildman–Crippen MR) is 98.9 cm³/mol. The maximum atomic E-state index is 10.4. The number of allylic oxidation sites excluding steroid dienone is 5. The number of rotatable bonds is 15. The predicted octanol–water partition coefficient (Wildman–Crippen LogP) is 4.38. The fourth-order valence-corrected chi connectivity index (χ4v) is 2.22. The minimum Gasteiger partial charge on any atom is -0.481 e. The van der Waals surface area contributed by atoms with E-state index in [-0.39, 0.29) is 6.42 Å². The third kappa shape index (κ3) is 15.5. The maximum Gasteiger partial charge on any atom is 0.303 e. The molecule has 0 bridgehead atoms. The number of carboxylic acid groups (broad SMARTS) is 1. The SMILES string of the molecule is CCCCC/C=C/C/C=C/C/C=C/C[C@H](O)[C@H](O)CCCC(=O)O. The van der Waals surface area contributed by atoms with E-state index in [1.54, 1.807) is 0 Å². The molecule has 3 N–H and O–H groups in total. The Bertz CT molecular complexity index is 385. The Labute approximate surface area is 146 Å². The molecule has 0 saturated heterocycles. The maximum absolute atomic E-state index is 10.4. The van der Waals surface area contributed by atoms with Crippen molar-refractivity contribution in [2.24, 2.45) is 0 Å². The lowest BCUT2D eigenvalue weighted by molar-refractivity contribution is -0.137. The molecule has 0 unspecified atom stereocenters. The largest absolute Gasteiger partial charge is 0.481 e. The molecule has 0 aliphatic carbocycles. The number of carbonyl (C=O) groups is 1. The minimum atomic E-state index is -0.876. The van der Waals surface area contributed by atoms with E-state index in [4.69, 9.17) is 5.11 Å². The Morgan fingerprint density at radius 1 is 0.875 bits per heavy atom. The molecule has 4 nitrogen and oxygen atoms in total. The number of hydrogen-bond acceptors (Lipinski definition) is 3. The summed E-state index contributed by atoms with van der Waals surface area (Å²) < 4.78 is 0. The second-order valence-corrected chi connectivity index (χ2v) is 6.04. The molecule has 0 aliphatic heterocycles. The first-order chi connectivity index (χ1) is 11.6. The zero-order valence-corrected chi connectivity index (χ0v) is 14.9. The summed E-state index contributed by atoms with van der Waals surface area (Å²) in [7, 11) is 0. The molecule has 0 saturated carbocycles. The van der Waals surface area contributed by atoms with Gasteiger partial charge in [0.2, 0.25) is 0 Å². The molecule has 24 heavy (non-hydrogen) atoms. The molecule has 0 rings (SSSR count). The molecular weight excluding hydrogens is 304 g/mol. The Morgan fingerprint density at radius 2 is 1.50 bits per heavy atom. The first-order valence-corrected chi connectivity index (χ1v) is 9.10. The van der Waals surface area contributed by atoms with Crippen molar-refractivity contribution in [1.82, 2.24) is 0 Å². The Hall–Kier alpha value is -1.39. The van der Waals surface area contributed by atoms with Gasteiger partial charge in [-0.2, -0.15) is 0 Å². The van der Waals surface area contributed by atoms with Gasteiger partial charge in [0.1, 0.15) is 0 Å². The van der Waals surface area contributed by atoms with E-state index in [1.807, 2.05) is 12.2 Å². The van der Waals surface area contributed by atoms with Gasteiger partial charge in [0, 0.05) is 6.42 Å². The van der Waals surface area contributed by atoms with Gasteiger partial charge < -0.3 is 15.3 Å². The normalized spacial score (nSPS) is 14.8. The summed E-state index contributed by atoms with van der Waals surface area (Å²) >= 11 is 0. The van der Waals surface area contributed by atoms with E-state index < -0.39 is 18.2 Å². The molecular formula is C20H34O4. The molecule has 0 amide bonds. The van der Waals surface area contributed by atoms with Crippen LogP contribution in [0, 0.1) is 0 Å². The molecule has 0 aromatic carbocycles. The molecule has 0 fully saturated rings. The van der Waals surface area contributed by atoms with Gasteiger partial charge in [-0.25, -0.2) is 0 Å². The van der Waals surface area contributed by atoms with Crippen LogP contribution in [-0.4, -0.2) is 33.5 Å². The molecule has 0 aromatic heterocycles. The molecule has 0 radical (unpaired) electrons. The van der Waals surface area contributed by atoms with Crippen LogP contribution in [0.3, 0.4) is 0 Å². The molecule has 0 aromatic rings. The molecule has 0 heterocycles. The van der Waals surface area contributed by atoms with Crippen LogP contribution in [0.25, 0.3) is 0 Å². The fourth-order valence-electron chi connectivity index (χ4n) is 2.22. The van der Waals surface area contributed by atoms with Crippen LogP contribution in [0.5, 0.6) is 0 Å². The van der Waals surface area contributed by atoms with Gasteiger partial charge in [0.15, 0.2) is 0 Å². The van der Waals surface area contributed by atoms with Crippen molar-refractivity contribution < 1.29 is 20.1 Å². The fraction of sp³-hybridized carbons (Fsp3) is 0.650. The van der Waals surface area contributed by atoms with Crippen molar-refractivity contribution in [2.75, 3.05) is 0 Å². The highest BCUT2D eigenvalue weighted by molar-refractivity contribution is 5.66. The quantitative estimate of drug-likeness (QED) is 0.306. The van der Waals surface area contributed by atoms with E-state index in [0.717, 1.165) is 19.3 Å². The number of carboxylic acids is 1. The highest BCUT2D eigenvalue weighted by Gasteiger charge is 2.14. The van der Waals surface area contributed by atoms with Crippen molar-refractivity contribution in [3.8, 4) is 0 Å². The average Bonchev–Trinajstić information content (AvgIpc) is 2.55. The average molecular weight is 338 g/mol. The third-order valence-corrected chi connectivity index (χ3v) is 3.73. The van der Waals surface area contributed by atoms with E-state index in [2.05, 4.69) is 31.2 Å². The number of aliphatic carboxylic acids is 1. The molecule has 4 heteroatoms. The molecule has 2 atom stereocenters. The van der Waals surface area contributed by atoms with Crippen molar-refractivity contribution in [2.45, 2.75) is 83.3 Å². The summed E-state index contributed by atoms with van der Waals surface area (Å²) in [5.74, 6) is -0.876. The first kappa shape index (κ1) is 22.6. The van der Waals surface area contributed by atoms with Crippen LogP contribution in [0.1, 0.15) is 71.1 Å². The summed E-state index contributed by atoms with van der Waals surface area (Å²) in [6.07, 6.45) is 18.6. The number of aliphatic hydroxyl groups is 2. The van der Waals surface area contributed by atoms with Gasteiger partial charge in [-0.1, -0.05) is 56.2 Å². The van der Waals surface area contributed by atoms with Crippen molar-refractivity contribution in [1.29, 1.82) is 0 Å². The summed E-state index contributed by atoms with van der Waals surface area (Å²) in [5, 5.41) is 28.0. The Kier molecular flexibility index (Phi) is 15.5.